The summed E-state index contributed by atoms with van der Waals surface area (Å²) in [5.41, 5.74) is 2.51. The van der Waals surface area contributed by atoms with E-state index in [9.17, 15) is 18.0 Å². The van der Waals surface area contributed by atoms with Gasteiger partial charge in [-0.2, -0.15) is 13.2 Å². The Morgan fingerprint density at radius 3 is 2.32 bits per heavy atom. The Morgan fingerprint density at radius 2 is 1.80 bits per heavy atom. The molecule has 4 nitrogen and oxygen atoms in total. The molecule has 1 amide bonds. The minimum atomic E-state index is -4.30. The molecule has 2 rings (SSSR count). The second-order valence-corrected chi connectivity index (χ2v) is 7.04. The van der Waals surface area contributed by atoms with E-state index in [1.54, 1.807) is 18.2 Å². The summed E-state index contributed by atoms with van der Waals surface area (Å²) in [6.07, 6.45) is -4.30. The van der Waals surface area contributed by atoms with E-state index in [0.29, 0.717) is 11.2 Å². The lowest BCUT2D eigenvalue weighted by atomic mass is 9.84. The van der Waals surface area contributed by atoms with Gasteiger partial charge in [-0.15, -0.1) is 0 Å². The number of hydrogen-bond acceptors (Lipinski definition) is 3. The van der Waals surface area contributed by atoms with Crippen LogP contribution in [0.2, 0.25) is 0 Å². The third kappa shape index (κ3) is 4.41. The number of anilines is 1. The van der Waals surface area contributed by atoms with E-state index >= 15 is 0 Å². The van der Waals surface area contributed by atoms with Gasteiger partial charge in [-0.05, 0) is 41.7 Å². The van der Waals surface area contributed by atoms with E-state index < -0.39 is 12.7 Å². The molecule has 1 heterocycles. The van der Waals surface area contributed by atoms with Crippen LogP contribution in [0.1, 0.15) is 42.4 Å². The molecular formula is C18H22F3N3O. The molecule has 25 heavy (non-hydrogen) atoms. The number of benzene rings is 1. The Morgan fingerprint density at radius 1 is 1.16 bits per heavy atom. The van der Waals surface area contributed by atoms with Gasteiger partial charge in [0.05, 0.1) is 5.52 Å². The molecule has 0 spiro atoms. The van der Waals surface area contributed by atoms with Crippen LogP contribution in [0.4, 0.5) is 18.9 Å². The van der Waals surface area contributed by atoms with Crippen molar-refractivity contribution in [2.75, 3.05) is 18.9 Å². The lowest BCUT2D eigenvalue weighted by Crippen LogP contribution is -2.22. The zero-order valence-electron chi connectivity index (χ0n) is 14.9. The maximum absolute atomic E-state index is 12.5. The quantitative estimate of drug-likeness (QED) is 0.871. The predicted molar refractivity (Wildman–Crippen MR) is 93.1 cm³/mol. The Bertz CT molecular complexity index is 808. The molecule has 0 radical (unpaired) electrons. The highest BCUT2D eigenvalue weighted by atomic mass is 19.4. The van der Waals surface area contributed by atoms with Gasteiger partial charge in [-0.3, -0.25) is 4.79 Å². The van der Waals surface area contributed by atoms with Crippen molar-refractivity contribution < 1.29 is 18.0 Å². The first-order valence-electron chi connectivity index (χ1n) is 7.91. The number of pyridine rings is 1. The van der Waals surface area contributed by atoms with E-state index in [-0.39, 0.29) is 17.0 Å². The average molecular weight is 353 g/mol. The Hall–Kier alpha value is -2.31. The largest absolute Gasteiger partial charge is 0.405 e. The lowest BCUT2D eigenvalue weighted by Gasteiger charge is -2.23. The van der Waals surface area contributed by atoms with Gasteiger partial charge in [0, 0.05) is 18.1 Å². The number of nitrogens with one attached hydrogen (secondary N) is 2. The van der Waals surface area contributed by atoms with E-state index in [1.807, 2.05) is 27.7 Å². The number of rotatable bonds is 3. The topological polar surface area (TPSA) is 54.0 Å². The fourth-order valence-corrected chi connectivity index (χ4v) is 2.61. The fraction of sp³-hybridized carbons (Fsp3) is 0.444. The molecule has 136 valence electrons. The summed E-state index contributed by atoms with van der Waals surface area (Å²) in [5, 5.41) is 5.70. The molecule has 0 unspecified atom stereocenters. The third-order valence-electron chi connectivity index (χ3n) is 3.88. The number of hydrogen-bond donors (Lipinski definition) is 2. The summed E-state index contributed by atoms with van der Waals surface area (Å²) in [5.74, 6) is -0.302. The van der Waals surface area contributed by atoms with Crippen LogP contribution in [0.25, 0.3) is 10.9 Å². The summed E-state index contributed by atoms with van der Waals surface area (Å²) in [6.45, 7) is 6.58. The number of amides is 1. The number of carbonyl (C=O) groups excluding carboxylic acids is 1. The van der Waals surface area contributed by atoms with Crippen molar-refractivity contribution in [3.05, 3.63) is 35.0 Å². The third-order valence-corrected chi connectivity index (χ3v) is 3.88. The highest BCUT2D eigenvalue weighted by Crippen LogP contribution is 2.34. The van der Waals surface area contributed by atoms with Crippen LogP contribution >= 0.6 is 0 Å². The number of halogens is 3. The smallest absolute Gasteiger partial charge is 0.376 e. The van der Waals surface area contributed by atoms with Gasteiger partial charge in [0.1, 0.15) is 12.2 Å². The zero-order valence-corrected chi connectivity index (χ0v) is 14.9. The maximum atomic E-state index is 12.5. The molecule has 0 fully saturated rings. The van der Waals surface area contributed by atoms with Crippen LogP contribution in [0.5, 0.6) is 0 Å². The maximum Gasteiger partial charge on any atom is 0.405 e. The number of fused-ring (bicyclic) bond motifs is 1. The monoisotopic (exact) mass is 353 g/mol. The van der Waals surface area contributed by atoms with Gasteiger partial charge in [0.15, 0.2) is 0 Å². The fourth-order valence-electron chi connectivity index (χ4n) is 2.61. The van der Waals surface area contributed by atoms with Gasteiger partial charge in [-0.1, -0.05) is 20.8 Å². The molecule has 0 saturated heterocycles. The van der Waals surface area contributed by atoms with Crippen LogP contribution in [-0.2, 0) is 5.41 Å². The van der Waals surface area contributed by atoms with Crippen LogP contribution in [0, 0.1) is 6.92 Å². The van der Waals surface area contributed by atoms with E-state index in [0.717, 1.165) is 16.5 Å². The number of carbonyl (C=O) groups is 1. The second-order valence-electron chi connectivity index (χ2n) is 7.04. The summed E-state index contributed by atoms with van der Waals surface area (Å²) < 4.78 is 37.6. The van der Waals surface area contributed by atoms with Crippen molar-refractivity contribution in [3.63, 3.8) is 0 Å². The van der Waals surface area contributed by atoms with E-state index in [4.69, 9.17) is 0 Å². The molecule has 1 aromatic heterocycles. The number of aromatic nitrogens is 1. The number of nitrogens with zero attached hydrogens (tertiary/aromatic N) is 1. The standard InChI is InChI=1S/C18H22F3N3O/c1-10-6-14(16(25)22-5)24-15-12(10)7-11(23-9-18(19,20)21)8-13(15)17(2,3)4/h6-8,23H,9H2,1-5H3,(H,22,25). The van der Waals surface area contributed by atoms with Crippen molar-refractivity contribution in [1.29, 1.82) is 0 Å². The van der Waals surface area contributed by atoms with Gasteiger partial charge >= 0.3 is 6.18 Å². The second kappa shape index (κ2) is 6.54. The van der Waals surface area contributed by atoms with Crippen LogP contribution in [0.3, 0.4) is 0 Å². The van der Waals surface area contributed by atoms with Gasteiger partial charge in [0.25, 0.3) is 5.91 Å². The van der Waals surface area contributed by atoms with Crippen molar-refractivity contribution in [2.24, 2.45) is 0 Å². The summed E-state index contributed by atoms with van der Waals surface area (Å²) in [7, 11) is 1.53. The average Bonchev–Trinajstić information content (AvgIpc) is 2.50. The molecule has 0 aliphatic carbocycles. The van der Waals surface area contributed by atoms with Crippen LogP contribution < -0.4 is 10.6 Å². The molecule has 1 aromatic carbocycles. The molecule has 0 saturated carbocycles. The summed E-state index contributed by atoms with van der Waals surface area (Å²) in [4.78, 5) is 16.4. The Balaban J connectivity index is 2.67. The molecule has 0 aliphatic rings. The summed E-state index contributed by atoms with van der Waals surface area (Å²) in [6, 6.07) is 4.96. The lowest BCUT2D eigenvalue weighted by molar-refractivity contribution is -0.115. The minimum Gasteiger partial charge on any atom is -0.376 e. The summed E-state index contributed by atoms with van der Waals surface area (Å²) >= 11 is 0. The molecule has 2 N–H and O–H groups in total. The zero-order chi connectivity index (χ0) is 19.0. The highest BCUT2D eigenvalue weighted by molar-refractivity contribution is 5.97. The Labute approximate surface area is 144 Å². The molecule has 2 aromatic rings. The van der Waals surface area contributed by atoms with Crippen LogP contribution in [-0.4, -0.2) is 30.7 Å². The van der Waals surface area contributed by atoms with Gasteiger partial charge in [-0.25, -0.2) is 4.98 Å². The first-order valence-corrected chi connectivity index (χ1v) is 7.91. The first-order chi connectivity index (χ1) is 11.4. The number of aryl methyl sites for hydroxylation is 1. The van der Waals surface area contributed by atoms with Crippen molar-refractivity contribution >= 4 is 22.5 Å². The van der Waals surface area contributed by atoms with Crippen LogP contribution in [0.15, 0.2) is 18.2 Å². The van der Waals surface area contributed by atoms with Gasteiger partial charge < -0.3 is 10.6 Å². The SMILES string of the molecule is CNC(=O)c1cc(C)c2cc(NCC(F)(F)F)cc(C(C)(C)C)c2n1. The highest BCUT2D eigenvalue weighted by Gasteiger charge is 2.27. The van der Waals surface area contributed by atoms with Gasteiger partial charge in [0.2, 0.25) is 0 Å². The molecule has 7 heteroatoms. The minimum absolute atomic E-state index is 0.286. The van der Waals surface area contributed by atoms with Crippen molar-refractivity contribution in [2.45, 2.75) is 39.3 Å². The molecule has 0 bridgehead atoms. The van der Waals surface area contributed by atoms with E-state index in [2.05, 4.69) is 15.6 Å². The molecule has 0 atom stereocenters. The molecular weight excluding hydrogens is 331 g/mol. The normalized spacial score (nSPS) is 12.3. The molecule has 0 aliphatic heterocycles. The first kappa shape index (κ1) is 19.0. The number of alkyl halides is 3. The van der Waals surface area contributed by atoms with E-state index in [1.165, 1.54) is 7.05 Å². The van der Waals surface area contributed by atoms with Crippen molar-refractivity contribution in [1.82, 2.24) is 10.3 Å². The predicted octanol–water partition coefficient (Wildman–Crippen LogP) is 4.17. The van der Waals surface area contributed by atoms with Crippen molar-refractivity contribution in [3.8, 4) is 0 Å². The Kier molecular flexibility index (Phi) is 4.97.